The molecule has 0 N–H and O–H groups in total. The van der Waals surface area contributed by atoms with Crippen LogP contribution in [0.4, 0.5) is 4.39 Å². The summed E-state index contributed by atoms with van der Waals surface area (Å²) in [6.45, 7) is 1.96. The topological polar surface area (TPSA) is 27.7 Å². The van der Waals surface area contributed by atoms with Crippen molar-refractivity contribution in [3.63, 3.8) is 0 Å². The molecule has 1 fully saturated rings. The summed E-state index contributed by atoms with van der Waals surface area (Å²) in [4.78, 5) is 4.00. The fourth-order valence-corrected chi connectivity index (χ4v) is 1.90. The zero-order chi connectivity index (χ0) is 8.01. The van der Waals surface area contributed by atoms with Gasteiger partial charge in [0.15, 0.2) is 12.2 Å². The van der Waals surface area contributed by atoms with Crippen LogP contribution in [-0.4, -0.2) is 27.8 Å². The van der Waals surface area contributed by atoms with Crippen molar-refractivity contribution in [3.8, 4) is 0 Å². The first-order chi connectivity index (χ1) is 5.18. The van der Waals surface area contributed by atoms with E-state index >= 15 is 0 Å². The van der Waals surface area contributed by atoms with Gasteiger partial charge in [-0.2, -0.15) is 4.99 Å². The van der Waals surface area contributed by atoms with Crippen molar-refractivity contribution in [1.29, 1.82) is 0 Å². The third-order valence-electron chi connectivity index (χ3n) is 2.05. The number of amidine groups is 1. The highest BCUT2D eigenvalue weighted by Crippen LogP contribution is 2.28. The van der Waals surface area contributed by atoms with Gasteiger partial charge in [0.1, 0.15) is 0 Å². The molecule has 60 valence electrons. The maximum absolute atomic E-state index is 13.1. The van der Waals surface area contributed by atoms with Gasteiger partial charge in [0.05, 0.1) is 6.42 Å². The number of rotatable bonds is 0. The van der Waals surface area contributed by atoms with E-state index in [4.69, 9.17) is 0 Å². The number of hydrogen-bond acceptors (Lipinski definition) is 2. The molecule has 0 bridgehead atoms. The van der Waals surface area contributed by atoms with Crippen molar-refractivity contribution in [3.05, 3.63) is 0 Å². The number of aliphatic imine (C=N–C) groups is 1. The van der Waals surface area contributed by atoms with Gasteiger partial charge < -0.3 is 0 Å². The van der Waals surface area contributed by atoms with Crippen LogP contribution in [0.2, 0.25) is 0 Å². The molecule has 0 saturated carbocycles. The molecule has 5 heteroatoms. The second kappa shape index (κ2) is 2.33. The van der Waals surface area contributed by atoms with Crippen LogP contribution in [0.1, 0.15) is 13.3 Å². The van der Waals surface area contributed by atoms with E-state index in [1.165, 1.54) is 0 Å². The van der Waals surface area contributed by atoms with Crippen LogP contribution < -0.4 is 0 Å². The first-order valence-corrected chi connectivity index (χ1v) is 4.35. The molecule has 0 aromatic heterocycles. The Kier molecular flexibility index (Phi) is 1.56. The van der Waals surface area contributed by atoms with Crippen LogP contribution in [0.15, 0.2) is 10.1 Å². The lowest BCUT2D eigenvalue weighted by Crippen LogP contribution is -2.21. The minimum Gasteiger partial charge on any atom is -0.237 e. The molecule has 0 aromatic carbocycles. The summed E-state index contributed by atoms with van der Waals surface area (Å²) in [5.74, 6) is 0. The van der Waals surface area contributed by atoms with E-state index < -0.39 is 6.17 Å². The van der Waals surface area contributed by atoms with Gasteiger partial charge in [-0.05, 0) is 6.92 Å². The van der Waals surface area contributed by atoms with Crippen molar-refractivity contribution in [1.82, 2.24) is 0 Å². The average Bonchev–Trinajstić information content (AvgIpc) is 2.38. The predicted octanol–water partition coefficient (Wildman–Crippen LogP) is 1.67. The second-order valence-electron chi connectivity index (χ2n) is 2.89. The molecule has 3 nitrogen and oxygen atoms in total. The third-order valence-corrected chi connectivity index (χ3v) is 2.41. The van der Waals surface area contributed by atoms with Gasteiger partial charge in [0.25, 0.3) is 4.74 Å². The molecule has 1 unspecified atom stereocenters. The van der Waals surface area contributed by atoms with Crippen molar-refractivity contribution in [2.75, 3.05) is 0 Å². The van der Waals surface area contributed by atoms with Crippen molar-refractivity contribution < 1.29 is 9.09 Å². The molecule has 0 radical (unpaired) electrons. The Morgan fingerprint density at radius 2 is 2.45 bits per heavy atom. The molecule has 0 spiro atoms. The van der Waals surface area contributed by atoms with Gasteiger partial charge in [-0.25, -0.2) is 4.39 Å². The summed E-state index contributed by atoms with van der Waals surface area (Å²) in [5, 5.41) is 4.04. The lowest BCUT2D eigenvalue weighted by molar-refractivity contribution is -0.626. The number of alkyl halides is 1. The summed E-state index contributed by atoms with van der Waals surface area (Å²) < 4.78 is 15.3. The highest BCUT2D eigenvalue weighted by Gasteiger charge is 2.48. The second-order valence-corrected chi connectivity index (χ2v) is 3.60. The van der Waals surface area contributed by atoms with Crippen molar-refractivity contribution >= 4 is 20.7 Å². The van der Waals surface area contributed by atoms with E-state index in [1.807, 2.05) is 6.92 Å². The highest BCUT2D eigenvalue weighted by molar-refractivity contribution is 9.18. The molecule has 0 amide bonds. The normalized spacial score (nSPS) is 41.9. The monoisotopic (exact) mass is 220 g/mol. The lowest BCUT2D eigenvalue weighted by atomic mass is 10.2. The first kappa shape index (κ1) is 7.34. The summed E-state index contributed by atoms with van der Waals surface area (Å²) in [6.07, 6.45) is -0.680. The Morgan fingerprint density at radius 1 is 1.73 bits per heavy atom. The maximum Gasteiger partial charge on any atom is 0.304 e. The van der Waals surface area contributed by atoms with E-state index in [0.29, 0.717) is 11.2 Å². The molecule has 0 aliphatic carbocycles. The molecule has 0 aromatic rings. The standard InChI is InChI=1S/C6H8BrFN3/c1-3-2-4(8)5-9-6(7)10-11(3)5/h3-5H,2H2,1H3/q+1/t3-,4+,5?/m0/s1. The number of halogens is 2. The van der Waals surface area contributed by atoms with Crippen molar-refractivity contribution in [2.24, 2.45) is 10.1 Å². The third kappa shape index (κ3) is 1.02. The molecule has 1 saturated heterocycles. The Hall–Kier alpha value is -0.320. The van der Waals surface area contributed by atoms with Crippen LogP contribution >= 0.6 is 15.9 Å². The van der Waals surface area contributed by atoms with Crippen LogP contribution in [0, 0.1) is 0 Å². The molecule has 2 aliphatic rings. The van der Waals surface area contributed by atoms with Gasteiger partial charge in [-0.1, -0.05) is 4.70 Å². The van der Waals surface area contributed by atoms with Crippen LogP contribution in [0.3, 0.4) is 0 Å². The minimum absolute atomic E-state index is 0.175. The van der Waals surface area contributed by atoms with Gasteiger partial charge >= 0.3 is 6.17 Å². The largest absolute Gasteiger partial charge is 0.304 e. The molecular weight excluding hydrogens is 213 g/mol. The Morgan fingerprint density at radius 3 is 3.09 bits per heavy atom. The Labute approximate surface area is 72.1 Å². The lowest BCUT2D eigenvalue weighted by Gasteiger charge is -1.94. The van der Waals surface area contributed by atoms with E-state index in [0.717, 1.165) is 0 Å². The van der Waals surface area contributed by atoms with Gasteiger partial charge in [-0.3, -0.25) is 0 Å². The van der Waals surface area contributed by atoms with Crippen LogP contribution in [-0.2, 0) is 0 Å². The molecule has 11 heavy (non-hydrogen) atoms. The molecule has 2 aliphatic heterocycles. The summed E-state index contributed by atoms with van der Waals surface area (Å²) in [6, 6.07) is 0.175. The maximum atomic E-state index is 13.1. The van der Waals surface area contributed by atoms with Crippen molar-refractivity contribution in [2.45, 2.75) is 31.7 Å². The van der Waals surface area contributed by atoms with E-state index in [9.17, 15) is 4.39 Å². The SMILES string of the molecule is C[C@H]1C[C@@H](F)C2N=C(Br)N=[N+]21. The van der Waals surface area contributed by atoms with Gasteiger partial charge in [-0.15, -0.1) is 0 Å². The molecule has 2 heterocycles. The Balaban J connectivity index is 2.31. The summed E-state index contributed by atoms with van der Waals surface area (Å²) in [5.41, 5.74) is 0. The number of hydrogen-bond donors (Lipinski definition) is 0. The summed E-state index contributed by atoms with van der Waals surface area (Å²) >= 11 is 3.12. The number of fused-ring (bicyclic) bond motifs is 1. The smallest absolute Gasteiger partial charge is 0.237 e. The minimum atomic E-state index is -0.858. The predicted molar refractivity (Wildman–Crippen MR) is 41.8 cm³/mol. The van der Waals surface area contributed by atoms with Crippen LogP contribution in [0.25, 0.3) is 0 Å². The summed E-state index contributed by atoms with van der Waals surface area (Å²) in [7, 11) is 0. The van der Waals surface area contributed by atoms with Gasteiger partial charge in [0.2, 0.25) is 0 Å². The van der Waals surface area contributed by atoms with E-state index in [-0.39, 0.29) is 12.2 Å². The van der Waals surface area contributed by atoms with Crippen LogP contribution in [0.5, 0.6) is 0 Å². The molecule has 3 atom stereocenters. The fraction of sp³-hybridized carbons (Fsp3) is 0.833. The zero-order valence-electron chi connectivity index (χ0n) is 6.04. The average molecular weight is 221 g/mol. The zero-order valence-corrected chi connectivity index (χ0v) is 7.62. The molecular formula is C6H8BrFN3+. The van der Waals surface area contributed by atoms with Gasteiger partial charge in [0, 0.05) is 21.0 Å². The Bertz CT molecular complexity index is 250. The first-order valence-electron chi connectivity index (χ1n) is 3.56. The fourth-order valence-electron chi connectivity index (χ4n) is 1.51. The van der Waals surface area contributed by atoms with E-state index in [2.05, 4.69) is 26.0 Å². The quantitative estimate of drug-likeness (QED) is 0.439. The molecule has 2 rings (SSSR count). The highest BCUT2D eigenvalue weighted by atomic mass is 79.9. The number of azo groups is 2. The van der Waals surface area contributed by atoms with E-state index in [1.54, 1.807) is 4.70 Å². The number of nitrogens with zero attached hydrogens (tertiary/aromatic N) is 3.